The van der Waals surface area contributed by atoms with E-state index in [1.54, 1.807) is 29.7 Å². The Morgan fingerprint density at radius 2 is 2.06 bits per heavy atom. The van der Waals surface area contributed by atoms with Crippen LogP contribution in [0.4, 0.5) is 10.1 Å². The zero-order valence-corrected chi connectivity index (χ0v) is 10.9. The second-order valence-electron chi connectivity index (χ2n) is 3.35. The van der Waals surface area contributed by atoms with Crippen molar-refractivity contribution in [3.05, 3.63) is 52.5 Å². The summed E-state index contributed by atoms with van der Waals surface area (Å²) in [6.07, 6.45) is 1.68. The number of hydrazone groups is 1. The number of anilines is 1. The van der Waals surface area contributed by atoms with Gasteiger partial charge in [0.05, 0.1) is 6.21 Å². The SMILES string of the molecule is Fc1ccc(NC(=S)N/N=C\c2cccs2)cc1. The van der Waals surface area contributed by atoms with Crippen LogP contribution in [0.3, 0.4) is 0 Å². The highest BCUT2D eigenvalue weighted by molar-refractivity contribution is 7.80. The third-order valence-electron chi connectivity index (χ3n) is 2.00. The van der Waals surface area contributed by atoms with Crippen molar-refractivity contribution in [3.8, 4) is 0 Å². The zero-order valence-electron chi connectivity index (χ0n) is 9.26. The summed E-state index contributed by atoms with van der Waals surface area (Å²) in [6, 6.07) is 9.83. The molecule has 0 unspecified atom stereocenters. The standard InChI is InChI=1S/C12H10FN3S2/c13-9-3-5-10(6-4-9)15-12(17)16-14-8-11-2-1-7-18-11/h1-8H,(H2,15,16,17)/b14-8-. The van der Waals surface area contributed by atoms with Crippen molar-refractivity contribution in [1.29, 1.82) is 0 Å². The summed E-state index contributed by atoms with van der Waals surface area (Å²) >= 11 is 6.62. The van der Waals surface area contributed by atoms with Gasteiger partial charge >= 0.3 is 0 Å². The van der Waals surface area contributed by atoms with E-state index in [4.69, 9.17) is 12.2 Å². The first-order valence-corrected chi connectivity index (χ1v) is 6.42. The summed E-state index contributed by atoms with van der Waals surface area (Å²) in [5.74, 6) is -0.282. The van der Waals surface area contributed by atoms with Crippen LogP contribution in [0.25, 0.3) is 0 Å². The molecule has 2 aromatic rings. The van der Waals surface area contributed by atoms with Gasteiger partial charge in [-0.05, 0) is 47.9 Å². The minimum atomic E-state index is -0.282. The summed E-state index contributed by atoms with van der Waals surface area (Å²) in [7, 11) is 0. The van der Waals surface area contributed by atoms with E-state index >= 15 is 0 Å². The highest BCUT2D eigenvalue weighted by atomic mass is 32.1. The number of thiocarbonyl (C=S) groups is 1. The third-order valence-corrected chi connectivity index (χ3v) is 3.00. The third kappa shape index (κ3) is 3.90. The summed E-state index contributed by atoms with van der Waals surface area (Å²) < 4.78 is 12.7. The Morgan fingerprint density at radius 1 is 1.28 bits per heavy atom. The van der Waals surface area contributed by atoms with Gasteiger partial charge in [0.2, 0.25) is 0 Å². The quantitative estimate of drug-likeness (QED) is 0.514. The fourth-order valence-electron chi connectivity index (χ4n) is 1.21. The molecule has 3 nitrogen and oxygen atoms in total. The van der Waals surface area contributed by atoms with Gasteiger partial charge in [-0.25, -0.2) is 4.39 Å². The smallest absolute Gasteiger partial charge is 0.191 e. The van der Waals surface area contributed by atoms with Crippen molar-refractivity contribution < 1.29 is 4.39 Å². The van der Waals surface area contributed by atoms with Crippen molar-refractivity contribution in [1.82, 2.24) is 5.43 Å². The number of hydrogen-bond donors (Lipinski definition) is 2. The number of thiophene rings is 1. The second-order valence-corrected chi connectivity index (χ2v) is 4.73. The van der Waals surface area contributed by atoms with Gasteiger partial charge < -0.3 is 5.32 Å². The molecule has 6 heteroatoms. The molecule has 0 spiro atoms. The fourth-order valence-corrected chi connectivity index (χ4v) is 1.97. The van der Waals surface area contributed by atoms with Crippen molar-refractivity contribution >= 4 is 40.6 Å². The molecule has 0 amide bonds. The van der Waals surface area contributed by atoms with Gasteiger partial charge in [-0.3, -0.25) is 5.43 Å². The van der Waals surface area contributed by atoms with Gasteiger partial charge in [-0.15, -0.1) is 11.3 Å². The minimum Gasteiger partial charge on any atom is -0.331 e. The topological polar surface area (TPSA) is 36.4 Å². The largest absolute Gasteiger partial charge is 0.331 e. The number of nitrogens with zero attached hydrogens (tertiary/aromatic N) is 1. The molecule has 0 atom stereocenters. The van der Waals surface area contributed by atoms with E-state index in [9.17, 15) is 4.39 Å². The van der Waals surface area contributed by atoms with Crippen LogP contribution in [0.5, 0.6) is 0 Å². The predicted molar refractivity (Wildman–Crippen MR) is 77.7 cm³/mol. The van der Waals surface area contributed by atoms with Gasteiger partial charge in [-0.2, -0.15) is 5.10 Å². The number of benzene rings is 1. The lowest BCUT2D eigenvalue weighted by molar-refractivity contribution is 0.628. The van der Waals surface area contributed by atoms with Crippen LogP contribution in [-0.2, 0) is 0 Å². The molecule has 0 aliphatic carbocycles. The molecule has 0 radical (unpaired) electrons. The molecule has 1 aromatic carbocycles. The van der Waals surface area contributed by atoms with Crippen LogP contribution < -0.4 is 10.7 Å². The lowest BCUT2D eigenvalue weighted by Crippen LogP contribution is -2.23. The Hall–Kier alpha value is -1.79. The Bertz CT molecular complexity index is 535. The number of rotatable bonds is 3. The lowest BCUT2D eigenvalue weighted by Gasteiger charge is -2.06. The van der Waals surface area contributed by atoms with Crippen LogP contribution >= 0.6 is 23.6 Å². The molecule has 18 heavy (non-hydrogen) atoms. The molecule has 0 fully saturated rings. The highest BCUT2D eigenvalue weighted by Crippen LogP contribution is 2.08. The molecular weight excluding hydrogens is 269 g/mol. The van der Waals surface area contributed by atoms with Gasteiger partial charge in [-0.1, -0.05) is 6.07 Å². The Balaban J connectivity index is 1.84. The van der Waals surface area contributed by atoms with Gasteiger partial charge in [0, 0.05) is 10.6 Å². The second kappa shape index (κ2) is 6.23. The summed E-state index contributed by atoms with van der Waals surface area (Å²) in [5, 5.41) is 9.20. The van der Waals surface area contributed by atoms with E-state index in [2.05, 4.69) is 15.8 Å². The van der Waals surface area contributed by atoms with Crippen molar-refractivity contribution in [2.24, 2.45) is 5.10 Å². The molecule has 0 aliphatic rings. The average Bonchev–Trinajstić information content (AvgIpc) is 2.85. The van der Waals surface area contributed by atoms with Gasteiger partial charge in [0.1, 0.15) is 5.82 Å². The van der Waals surface area contributed by atoms with Crippen molar-refractivity contribution in [2.75, 3.05) is 5.32 Å². The first-order chi connectivity index (χ1) is 8.74. The van der Waals surface area contributed by atoms with Crippen LogP contribution in [0.2, 0.25) is 0 Å². The summed E-state index contributed by atoms with van der Waals surface area (Å²) in [4.78, 5) is 1.03. The average molecular weight is 279 g/mol. The minimum absolute atomic E-state index is 0.282. The fraction of sp³-hybridized carbons (Fsp3) is 0. The molecule has 0 bridgehead atoms. The number of hydrogen-bond acceptors (Lipinski definition) is 3. The summed E-state index contributed by atoms with van der Waals surface area (Å²) in [6.45, 7) is 0. The molecular formula is C12H10FN3S2. The van der Waals surface area contributed by atoms with E-state index in [-0.39, 0.29) is 5.82 Å². The Labute approximate surface area is 113 Å². The van der Waals surface area contributed by atoms with Crippen LogP contribution in [0.1, 0.15) is 4.88 Å². The first-order valence-electron chi connectivity index (χ1n) is 5.13. The summed E-state index contributed by atoms with van der Waals surface area (Å²) in [5.41, 5.74) is 3.40. The van der Waals surface area contributed by atoms with Crippen LogP contribution in [0.15, 0.2) is 46.9 Å². The van der Waals surface area contributed by atoms with Crippen molar-refractivity contribution in [3.63, 3.8) is 0 Å². The van der Waals surface area contributed by atoms with Crippen LogP contribution in [-0.4, -0.2) is 11.3 Å². The predicted octanol–water partition coefficient (Wildman–Crippen LogP) is 3.21. The normalized spacial score (nSPS) is 10.5. The maximum atomic E-state index is 12.7. The van der Waals surface area contributed by atoms with E-state index in [0.717, 1.165) is 4.88 Å². The zero-order chi connectivity index (χ0) is 12.8. The molecule has 0 saturated carbocycles. The molecule has 92 valence electrons. The van der Waals surface area contributed by atoms with E-state index in [1.165, 1.54) is 12.1 Å². The monoisotopic (exact) mass is 279 g/mol. The first kappa shape index (κ1) is 12.7. The molecule has 1 aromatic heterocycles. The molecule has 0 saturated heterocycles. The number of nitrogens with one attached hydrogen (secondary N) is 2. The maximum absolute atomic E-state index is 12.7. The number of halogens is 1. The Morgan fingerprint density at radius 3 is 2.72 bits per heavy atom. The van der Waals surface area contributed by atoms with Crippen molar-refractivity contribution in [2.45, 2.75) is 0 Å². The Kier molecular flexibility index (Phi) is 4.38. The van der Waals surface area contributed by atoms with Gasteiger partial charge in [0.25, 0.3) is 0 Å². The molecule has 2 rings (SSSR count). The lowest BCUT2D eigenvalue weighted by atomic mass is 10.3. The van der Waals surface area contributed by atoms with E-state index in [0.29, 0.717) is 10.8 Å². The van der Waals surface area contributed by atoms with Gasteiger partial charge in [0.15, 0.2) is 5.11 Å². The maximum Gasteiger partial charge on any atom is 0.191 e. The highest BCUT2D eigenvalue weighted by Gasteiger charge is 1.96. The van der Waals surface area contributed by atoms with E-state index < -0.39 is 0 Å². The molecule has 0 aliphatic heterocycles. The van der Waals surface area contributed by atoms with Crippen LogP contribution in [0, 0.1) is 5.82 Å². The molecule has 1 heterocycles. The molecule has 2 N–H and O–H groups in total. The van der Waals surface area contributed by atoms with E-state index in [1.807, 2.05) is 17.5 Å².